The summed E-state index contributed by atoms with van der Waals surface area (Å²) in [5.41, 5.74) is -1.19. The number of fused-ring (bicyclic) bond motifs is 1. The Balaban J connectivity index is 2.22. The van der Waals surface area contributed by atoms with E-state index in [2.05, 4.69) is 0 Å². The Morgan fingerprint density at radius 2 is 1.60 bits per heavy atom. The van der Waals surface area contributed by atoms with E-state index in [0.717, 1.165) is 0 Å². The molecule has 0 atom stereocenters. The number of ether oxygens (including phenoxy) is 2. The van der Waals surface area contributed by atoms with Crippen molar-refractivity contribution in [3.05, 3.63) is 57.9 Å². The summed E-state index contributed by atoms with van der Waals surface area (Å²) in [6, 6.07) is 8.58. The van der Waals surface area contributed by atoms with Gasteiger partial charge in [-0.2, -0.15) is 13.2 Å². The third-order valence-corrected chi connectivity index (χ3v) is 5.26. The van der Waals surface area contributed by atoms with Crippen LogP contribution in [0.15, 0.2) is 45.6 Å². The Morgan fingerprint density at radius 3 is 2.14 bits per heavy atom. The number of rotatable bonds is 9. The third kappa shape index (κ3) is 6.08. The lowest BCUT2D eigenvalue weighted by Gasteiger charge is -2.26. The van der Waals surface area contributed by atoms with E-state index in [-0.39, 0.29) is 52.2 Å². The van der Waals surface area contributed by atoms with E-state index >= 15 is 0 Å². The van der Waals surface area contributed by atoms with Crippen LogP contribution >= 0.6 is 0 Å². The van der Waals surface area contributed by atoms with Gasteiger partial charge in [-0.1, -0.05) is 39.8 Å². The summed E-state index contributed by atoms with van der Waals surface area (Å²) in [6.07, 6.45) is -5.02. The van der Waals surface area contributed by atoms with E-state index < -0.39 is 23.1 Å². The van der Waals surface area contributed by atoms with Gasteiger partial charge in [0, 0.05) is 19.6 Å². The molecule has 0 saturated heterocycles. The maximum Gasteiger partial charge on any atom is 0.453 e. The highest BCUT2D eigenvalue weighted by Crippen LogP contribution is 2.41. The topological polar surface area (TPSA) is 72.1 Å². The molecule has 1 aromatic heterocycles. The lowest BCUT2D eigenvalue weighted by molar-refractivity contribution is -0.154. The zero-order chi connectivity index (χ0) is 25.9. The molecule has 0 unspecified atom stereocenters. The number of halogens is 3. The van der Waals surface area contributed by atoms with Crippen molar-refractivity contribution in [1.82, 2.24) is 4.90 Å². The van der Waals surface area contributed by atoms with Crippen LogP contribution in [0.4, 0.5) is 13.2 Å². The first-order valence-electron chi connectivity index (χ1n) is 11.3. The number of phenolic OH excluding ortho intramolecular Hbond substituents is 1. The van der Waals surface area contributed by atoms with Gasteiger partial charge in [-0.05, 0) is 36.1 Å². The molecular formula is C26H30F3NO5. The van der Waals surface area contributed by atoms with Gasteiger partial charge in [0.1, 0.15) is 11.3 Å². The van der Waals surface area contributed by atoms with E-state index in [9.17, 15) is 23.1 Å². The van der Waals surface area contributed by atoms with Crippen LogP contribution in [-0.4, -0.2) is 30.2 Å². The second kappa shape index (κ2) is 10.6. The highest BCUT2D eigenvalue weighted by Gasteiger charge is 2.41. The van der Waals surface area contributed by atoms with Crippen molar-refractivity contribution >= 4 is 11.0 Å². The number of methoxy groups -OCH3 is 1. The van der Waals surface area contributed by atoms with Crippen molar-refractivity contribution < 1.29 is 32.2 Å². The predicted molar refractivity (Wildman–Crippen MR) is 127 cm³/mol. The molecule has 0 aliphatic heterocycles. The van der Waals surface area contributed by atoms with Gasteiger partial charge in [-0.3, -0.25) is 9.69 Å². The maximum absolute atomic E-state index is 14.1. The minimum absolute atomic E-state index is 0.0637. The van der Waals surface area contributed by atoms with Gasteiger partial charge in [0.05, 0.1) is 18.1 Å². The summed E-state index contributed by atoms with van der Waals surface area (Å²) in [4.78, 5) is 15.3. The molecule has 9 heteroatoms. The number of hydrogen-bond acceptors (Lipinski definition) is 6. The summed E-state index contributed by atoms with van der Waals surface area (Å²) < 4.78 is 58.1. The largest absolute Gasteiger partial charge is 0.507 e. The fourth-order valence-corrected chi connectivity index (χ4v) is 3.99. The van der Waals surface area contributed by atoms with Gasteiger partial charge in [0.2, 0.25) is 11.2 Å². The van der Waals surface area contributed by atoms with Crippen molar-refractivity contribution in [2.45, 2.75) is 40.4 Å². The highest BCUT2D eigenvalue weighted by atomic mass is 19.4. The highest BCUT2D eigenvalue weighted by molar-refractivity contribution is 5.83. The molecule has 6 nitrogen and oxygen atoms in total. The van der Waals surface area contributed by atoms with Crippen LogP contribution in [0.5, 0.6) is 23.0 Å². The van der Waals surface area contributed by atoms with Crippen molar-refractivity contribution in [3.8, 4) is 23.0 Å². The minimum atomic E-state index is -5.02. The number of alkyl halides is 3. The van der Waals surface area contributed by atoms with Gasteiger partial charge < -0.3 is 19.0 Å². The molecule has 1 heterocycles. The Labute approximate surface area is 201 Å². The fourth-order valence-electron chi connectivity index (χ4n) is 3.99. The van der Waals surface area contributed by atoms with Gasteiger partial charge in [0.15, 0.2) is 11.5 Å². The molecule has 2 aromatic carbocycles. The molecule has 0 aliphatic rings. The molecule has 190 valence electrons. The summed E-state index contributed by atoms with van der Waals surface area (Å²) in [6.45, 7) is 9.53. The number of hydrogen-bond donors (Lipinski definition) is 1. The molecule has 0 bridgehead atoms. The number of nitrogens with zero attached hydrogens (tertiary/aromatic N) is 1. The lowest BCUT2D eigenvalue weighted by Crippen LogP contribution is -2.31. The third-order valence-electron chi connectivity index (χ3n) is 5.26. The van der Waals surface area contributed by atoms with Crippen molar-refractivity contribution in [2.24, 2.45) is 11.8 Å². The Kier molecular flexibility index (Phi) is 8.00. The lowest BCUT2D eigenvalue weighted by atomic mass is 10.1. The van der Waals surface area contributed by atoms with E-state index in [4.69, 9.17) is 13.9 Å². The molecular weight excluding hydrogens is 463 g/mol. The van der Waals surface area contributed by atoms with Crippen molar-refractivity contribution in [2.75, 3.05) is 20.2 Å². The Hall–Kier alpha value is -3.20. The molecule has 0 saturated carbocycles. The van der Waals surface area contributed by atoms with E-state index in [1.54, 1.807) is 12.1 Å². The van der Waals surface area contributed by atoms with Gasteiger partial charge in [-0.25, -0.2) is 0 Å². The maximum atomic E-state index is 14.1. The fraction of sp³-hybridized carbons (Fsp3) is 0.423. The molecule has 0 radical (unpaired) electrons. The van der Waals surface area contributed by atoms with Gasteiger partial charge >= 0.3 is 6.18 Å². The van der Waals surface area contributed by atoms with Crippen LogP contribution in [-0.2, 0) is 12.7 Å². The van der Waals surface area contributed by atoms with Crippen LogP contribution in [0.25, 0.3) is 11.0 Å². The Bertz CT molecular complexity index is 1220. The molecule has 35 heavy (non-hydrogen) atoms. The van der Waals surface area contributed by atoms with Crippen LogP contribution < -0.4 is 14.9 Å². The minimum Gasteiger partial charge on any atom is -0.507 e. The summed E-state index contributed by atoms with van der Waals surface area (Å²) in [7, 11) is 1.34. The van der Waals surface area contributed by atoms with Crippen molar-refractivity contribution in [1.29, 1.82) is 0 Å². The molecule has 3 aromatic rings. The summed E-state index contributed by atoms with van der Waals surface area (Å²) in [5, 5.41) is 10.4. The molecule has 0 aliphatic carbocycles. The summed E-state index contributed by atoms with van der Waals surface area (Å²) in [5.74, 6) is -2.16. The zero-order valence-electron chi connectivity index (χ0n) is 20.4. The number of benzene rings is 2. The van der Waals surface area contributed by atoms with E-state index in [1.165, 1.54) is 31.4 Å². The van der Waals surface area contributed by atoms with Gasteiger partial charge in [0.25, 0.3) is 5.76 Å². The van der Waals surface area contributed by atoms with Crippen LogP contribution in [0.1, 0.15) is 39.0 Å². The second-order valence-corrected chi connectivity index (χ2v) is 9.26. The smallest absolute Gasteiger partial charge is 0.453 e. The SMILES string of the molecule is COc1ccccc1Oc1c(C(F)(F)F)oc2c(CN(CC(C)C)CC(C)C)c(O)ccc2c1=O. The quantitative estimate of drug-likeness (QED) is 0.370. The zero-order valence-corrected chi connectivity index (χ0v) is 20.4. The average molecular weight is 494 g/mol. The molecule has 3 rings (SSSR count). The monoisotopic (exact) mass is 493 g/mol. The van der Waals surface area contributed by atoms with Crippen LogP contribution in [0, 0.1) is 11.8 Å². The first-order chi connectivity index (χ1) is 16.4. The van der Waals surface area contributed by atoms with Crippen LogP contribution in [0.2, 0.25) is 0 Å². The molecule has 0 spiro atoms. The normalized spacial score (nSPS) is 12.2. The molecule has 0 fully saturated rings. The van der Waals surface area contributed by atoms with Crippen molar-refractivity contribution in [3.63, 3.8) is 0 Å². The number of phenols is 1. The molecule has 0 amide bonds. The number of aromatic hydroxyl groups is 1. The average Bonchev–Trinajstić information content (AvgIpc) is 2.76. The van der Waals surface area contributed by atoms with Gasteiger partial charge in [-0.15, -0.1) is 0 Å². The molecule has 1 N–H and O–H groups in total. The number of para-hydroxylation sites is 2. The second-order valence-electron chi connectivity index (χ2n) is 9.26. The first kappa shape index (κ1) is 26.4. The van der Waals surface area contributed by atoms with Crippen LogP contribution in [0.3, 0.4) is 0 Å². The predicted octanol–water partition coefficient (Wildman–Crippen LogP) is 6.43. The first-order valence-corrected chi connectivity index (χ1v) is 11.3. The van der Waals surface area contributed by atoms with E-state index in [1.807, 2.05) is 32.6 Å². The summed E-state index contributed by atoms with van der Waals surface area (Å²) >= 11 is 0. The van der Waals surface area contributed by atoms with E-state index in [0.29, 0.717) is 13.1 Å². The Morgan fingerprint density at radius 1 is 1.00 bits per heavy atom. The standard InChI is InChI=1S/C26H30F3NO5/c1-15(2)12-30(13-16(3)4)14-18-19(31)11-10-17-22(32)24(25(26(27,28)29)35-23(17)18)34-21-9-7-6-8-20(21)33-5/h6-11,15-16,31H,12-14H2,1-5H3.